The SMILES string of the molecule is OCc1ccc(CSCc2nc(Cc3ccccc3)no2)cc1. The van der Waals surface area contributed by atoms with E-state index < -0.39 is 0 Å². The minimum absolute atomic E-state index is 0.0829. The lowest BCUT2D eigenvalue weighted by Crippen LogP contribution is -1.91. The van der Waals surface area contributed by atoms with Crippen LogP contribution in [0.5, 0.6) is 0 Å². The van der Waals surface area contributed by atoms with E-state index in [0.717, 1.165) is 17.1 Å². The molecule has 0 bridgehead atoms. The van der Waals surface area contributed by atoms with Crippen molar-refractivity contribution < 1.29 is 9.63 Å². The van der Waals surface area contributed by atoms with Crippen LogP contribution in [0.1, 0.15) is 28.4 Å². The molecule has 1 heterocycles. The summed E-state index contributed by atoms with van der Waals surface area (Å²) in [4.78, 5) is 4.43. The molecule has 0 amide bonds. The highest BCUT2D eigenvalue weighted by molar-refractivity contribution is 7.97. The third-order valence-corrected chi connectivity index (χ3v) is 4.40. The summed E-state index contributed by atoms with van der Waals surface area (Å²) in [6.45, 7) is 0.0829. The molecule has 0 unspecified atom stereocenters. The number of aliphatic hydroxyl groups excluding tert-OH is 1. The first-order valence-corrected chi connectivity index (χ1v) is 8.61. The molecule has 3 aromatic rings. The minimum Gasteiger partial charge on any atom is -0.392 e. The Morgan fingerprint density at radius 2 is 1.61 bits per heavy atom. The van der Waals surface area contributed by atoms with Gasteiger partial charge in [-0.15, -0.1) is 11.8 Å². The number of aliphatic hydroxyl groups is 1. The molecular formula is C18H18N2O2S. The van der Waals surface area contributed by atoms with Crippen LogP contribution in [0, 0.1) is 0 Å². The summed E-state index contributed by atoms with van der Waals surface area (Å²) in [5.41, 5.74) is 3.33. The molecule has 0 aliphatic heterocycles. The molecule has 23 heavy (non-hydrogen) atoms. The number of nitrogens with zero attached hydrogens (tertiary/aromatic N) is 2. The number of rotatable bonds is 7. The Balaban J connectivity index is 1.49. The van der Waals surface area contributed by atoms with Crippen LogP contribution in [0.15, 0.2) is 59.1 Å². The fourth-order valence-corrected chi connectivity index (χ4v) is 3.02. The number of benzene rings is 2. The van der Waals surface area contributed by atoms with Crippen LogP contribution < -0.4 is 0 Å². The molecule has 0 spiro atoms. The van der Waals surface area contributed by atoms with Gasteiger partial charge in [-0.05, 0) is 16.7 Å². The van der Waals surface area contributed by atoms with Crippen molar-refractivity contribution in [2.75, 3.05) is 0 Å². The normalized spacial score (nSPS) is 10.8. The predicted molar refractivity (Wildman–Crippen MR) is 90.9 cm³/mol. The molecule has 0 aliphatic rings. The third-order valence-electron chi connectivity index (χ3n) is 3.42. The van der Waals surface area contributed by atoms with Crippen molar-refractivity contribution in [3.05, 3.63) is 83.0 Å². The standard InChI is InChI=1S/C18H18N2O2S/c21-11-15-6-8-16(9-7-15)12-23-13-18-19-17(20-22-18)10-14-4-2-1-3-5-14/h1-9,21H,10-13H2. The third kappa shape index (κ3) is 4.68. The molecule has 4 nitrogen and oxygen atoms in total. The van der Waals surface area contributed by atoms with Gasteiger partial charge < -0.3 is 9.63 Å². The summed E-state index contributed by atoms with van der Waals surface area (Å²) < 4.78 is 5.30. The van der Waals surface area contributed by atoms with Gasteiger partial charge >= 0.3 is 0 Å². The Kier molecular flexibility index (Phi) is 5.45. The van der Waals surface area contributed by atoms with Gasteiger partial charge in [-0.2, -0.15) is 4.98 Å². The van der Waals surface area contributed by atoms with E-state index in [0.29, 0.717) is 18.1 Å². The van der Waals surface area contributed by atoms with Crippen LogP contribution in [-0.2, 0) is 24.5 Å². The van der Waals surface area contributed by atoms with Crippen LogP contribution in [0.2, 0.25) is 0 Å². The molecule has 3 rings (SSSR count). The van der Waals surface area contributed by atoms with E-state index in [1.807, 2.05) is 42.5 Å². The molecule has 0 radical (unpaired) electrons. The molecule has 0 fully saturated rings. The van der Waals surface area contributed by atoms with E-state index in [1.54, 1.807) is 11.8 Å². The number of aromatic nitrogens is 2. The van der Waals surface area contributed by atoms with Gasteiger partial charge in [-0.25, -0.2) is 0 Å². The molecule has 118 valence electrons. The lowest BCUT2D eigenvalue weighted by molar-refractivity contribution is 0.282. The van der Waals surface area contributed by atoms with E-state index in [-0.39, 0.29) is 6.61 Å². The molecule has 0 atom stereocenters. The first kappa shape index (κ1) is 15.8. The Bertz CT molecular complexity index is 726. The second kappa shape index (κ2) is 7.94. The van der Waals surface area contributed by atoms with Crippen molar-refractivity contribution in [1.82, 2.24) is 10.1 Å². The van der Waals surface area contributed by atoms with Crippen LogP contribution in [0.3, 0.4) is 0 Å². The van der Waals surface area contributed by atoms with Crippen molar-refractivity contribution >= 4 is 11.8 Å². The Morgan fingerprint density at radius 3 is 2.35 bits per heavy atom. The average Bonchev–Trinajstić information content (AvgIpc) is 3.04. The zero-order chi connectivity index (χ0) is 15.9. The van der Waals surface area contributed by atoms with Crippen molar-refractivity contribution in [3.63, 3.8) is 0 Å². The topological polar surface area (TPSA) is 59.2 Å². The van der Waals surface area contributed by atoms with Crippen molar-refractivity contribution in [1.29, 1.82) is 0 Å². The fraction of sp³-hybridized carbons (Fsp3) is 0.222. The number of hydrogen-bond acceptors (Lipinski definition) is 5. The summed E-state index contributed by atoms with van der Waals surface area (Å²) >= 11 is 1.73. The quantitative estimate of drug-likeness (QED) is 0.719. The van der Waals surface area contributed by atoms with Crippen molar-refractivity contribution in [3.8, 4) is 0 Å². The zero-order valence-corrected chi connectivity index (χ0v) is 13.5. The molecule has 0 saturated heterocycles. The summed E-state index contributed by atoms with van der Waals surface area (Å²) in [6.07, 6.45) is 0.692. The zero-order valence-electron chi connectivity index (χ0n) is 12.7. The first-order chi connectivity index (χ1) is 11.3. The Hall–Kier alpha value is -2.11. The molecular weight excluding hydrogens is 308 g/mol. The van der Waals surface area contributed by atoms with Crippen LogP contribution in [0.25, 0.3) is 0 Å². The second-order valence-electron chi connectivity index (χ2n) is 5.23. The summed E-state index contributed by atoms with van der Waals surface area (Å²) in [7, 11) is 0. The van der Waals surface area contributed by atoms with Gasteiger partial charge in [-0.1, -0.05) is 59.8 Å². The molecule has 1 N–H and O–H groups in total. The largest absolute Gasteiger partial charge is 0.392 e. The Morgan fingerprint density at radius 1 is 0.870 bits per heavy atom. The van der Waals surface area contributed by atoms with E-state index in [9.17, 15) is 0 Å². The monoisotopic (exact) mass is 326 g/mol. The summed E-state index contributed by atoms with van der Waals surface area (Å²) in [6, 6.07) is 18.1. The fourth-order valence-electron chi connectivity index (χ4n) is 2.20. The maximum atomic E-state index is 9.03. The van der Waals surface area contributed by atoms with E-state index in [2.05, 4.69) is 22.3 Å². The van der Waals surface area contributed by atoms with Crippen LogP contribution in [0.4, 0.5) is 0 Å². The van der Waals surface area contributed by atoms with Gasteiger partial charge in [0.1, 0.15) is 0 Å². The van der Waals surface area contributed by atoms with E-state index >= 15 is 0 Å². The highest BCUT2D eigenvalue weighted by atomic mass is 32.2. The summed E-state index contributed by atoms with van der Waals surface area (Å²) in [5, 5.41) is 13.1. The molecule has 5 heteroatoms. The van der Waals surface area contributed by atoms with Gasteiger partial charge in [0.05, 0.1) is 12.4 Å². The second-order valence-corrected chi connectivity index (χ2v) is 6.22. The number of hydrogen-bond donors (Lipinski definition) is 1. The molecule has 0 aliphatic carbocycles. The van der Waals surface area contributed by atoms with Crippen molar-refractivity contribution in [2.24, 2.45) is 0 Å². The van der Waals surface area contributed by atoms with Gasteiger partial charge in [0.25, 0.3) is 0 Å². The van der Waals surface area contributed by atoms with Gasteiger partial charge in [0, 0.05) is 12.2 Å². The molecule has 2 aromatic carbocycles. The predicted octanol–water partition coefficient (Wildman–Crippen LogP) is 3.59. The van der Waals surface area contributed by atoms with E-state index in [4.69, 9.17) is 9.63 Å². The highest BCUT2D eigenvalue weighted by Crippen LogP contribution is 2.18. The van der Waals surface area contributed by atoms with Gasteiger partial charge in [-0.3, -0.25) is 0 Å². The lowest BCUT2D eigenvalue weighted by atomic mass is 10.1. The average molecular weight is 326 g/mol. The highest BCUT2D eigenvalue weighted by Gasteiger charge is 2.07. The van der Waals surface area contributed by atoms with E-state index in [1.165, 1.54) is 11.1 Å². The van der Waals surface area contributed by atoms with Crippen LogP contribution in [-0.4, -0.2) is 15.2 Å². The maximum absolute atomic E-state index is 9.03. The Labute approximate surface area is 139 Å². The molecule has 0 saturated carbocycles. The summed E-state index contributed by atoms with van der Waals surface area (Å²) in [5.74, 6) is 2.96. The first-order valence-electron chi connectivity index (χ1n) is 7.45. The van der Waals surface area contributed by atoms with Gasteiger partial charge in [0.2, 0.25) is 5.89 Å². The maximum Gasteiger partial charge on any atom is 0.236 e. The smallest absolute Gasteiger partial charge is 0.236 e. The van der Waals surface area contributed by atoms with Crippen LogP contribution >= 0.6 is 11.8 Å². The number of thioether (sulfide) groups is 1. The van der Waals surface area contributed by atoms with Gasteiger partial charge in [0.15, 0.2) is 5.82 Å². The van der Waals surface area contributed by atoms with Crippen molar-refractivity contribution in [2.45, 2.75) is 24.5 Å². The minimum atomic E-state index is 0.0829. The molecule has 1 aromatic heterocycles. The lowest BCUT2D eigenvalue weighted by Gasteiger charge is -2.01.